The second kappa shape index (κ2) is 4.47. The molecular formula is C8H7F3N2O3. The molecule has 5 nitrogen and oxygen atoms in total. The molecule has 1 rings (SSSR count). The summed E-state index contributed by atoms with van der Waals surface area (Å²) in [6.45, 7) is 0. The van der Waals surface area contributed by atoms with Crippen LogP contribution in [0.1, 0.15) is 0 Å². The Morgan fingerprint density at radius 3 is 2.56 bits per heavy atom. The number of hydrogen-bond acceptors (Lipinski definition) is 3. The SMILES string of the molecule is O=C(Nc1cccc([NH+]([O-])O)c1)C(F)(F)F. The van der Waals surface area contributed by atoms with Crippen LogP contribution in [0.2, 0.25) is 0 Å². The summed E-state index contributed by atoms with van der Waals surface area (Å²) < 4.78 is 35.6. The Bertz CT molecular complexity index is 392. The van der Waals surface area contributed by atoms with Gasteiger partial charge in [0.05, 0.1) is 0 Å². The molecule has 8 heteroatoms. The maximum atomic E-state index is 11.9. The molecule has 1 atom stereocenters. The predicted molar refractivity (Wildman–Crippen MR) is 46.9 cm³/mol. The number of rotatable bonds is 2. The van der Waals surface area contributed by atoms with Crippen LogP contribution in [0.25, 0.3) is 0 Å². The van der Waals surface area contributed by atoms with Crippen LogP contribution in [0.3, 0.4) is 0 Å². The van der Waals surface area contributed by atoms with Gasteiger partial charge in [-0.25, -0.2) is 5.21 Å². The Kier molecular flexibility index (Phi) is 3.48. The summed E-state index contributed by atoms with van der Waals surface area (Å²) in [7, 11) is 0. The number of amides is 1. The zero-order valence-electron chi connectivity index (χ0n) is 7.71. The van der Waals surface area contributed by atoms with Gasteiger partial charge in [0.1, 0.15) is 0 Å². The fourth-order valence-corrected chi connectivity index (χ4v) is 0.932. The summed E-state index contributed by atoms with van der Waals surface area (Å²) >= 11 is 0. The van der Waals surface area contributed by atoms with Crippen molar-refractivity contribution in [3.63, 3.8) is 0 Å². The molecule has 3 N–H and O–H groups in total. The third kappa shape index (κ3) is 3.19. The minimum Gasteiger partial charge on any atom is -0.595 e. The van der Waals surface area contributed by atoms with Gasteiger partial charge in [-0.05, 0) is 6.07 Å². The van der Waals surface area contributed by atoms with Crippen LogP contribution in [0.4, 0.5) is 24.5 Å². The molecule has 0 aliphatic carbocycles. The van der Waals surface area contributed by atoms with E-state index in [1.807, 2.05) is 0 Å². The van der Waals surface area contributed by atoms with E-state index in [9.17, 15) is 23.2 Å². The fourth-order valence-electron chi connectivity index (χ4n) is 0.932. The number of anilines is 1. The quantitative estimate of drug-likeness (QED) is 0.658. The highest BCUT2D eigenvalue weighted by Crippen LogP contribution is 2.19. The minimum atomic E-state index is -5.00. The molecule has 0 saturated carbocycles. The van der Waals surface area contributed by atoms with Crippen molar-refractivity contribution in [3.8, 4) is 0 Å². The van der Waals surface area contributed by atoms with Crippen LogP contribution in [0, 0.1) is 5.21 Å². The van der Waals surface area contributed by atoms with E-state index < -0.39 is 17.3 Å². The van der Waals surface area contributed by atoms with Crippen molar-refractivity contribution in [3.05, 3.63) is 29.5 Å². The first-order valence-corrected chi connectivity index (χ1v) is 4.02. The first-order chi connectivity index (χ1) is 7.30. The highest BCUT2D eigenvalue weighted by molar-refractivity contribution is 5.95. The highest BCUT2D eigenvalue weighted by atomic mass is 19.4. The predicted octanol–water partition coefficient (Wildman–Crippen LogP) is 0.591. The van der Waals surface area contributed by atoms with E-state index >= 15 is 0 Å². The standard InChI is InChI=1S/C8H7F3N2O3/c9-8(10,11)7(14)12-5-2-1-3-6(4-5)13(15)16/h1-4,13,15H,(H,12,14). The number of halogens is 3. The van der Waals surface area contributed by atoms with E-state index in [4.69, 9.17) is 5.21 Å². The van der Waals surface area contributed by atoms with Crippen molar-refractivity contribution >= 4 is 17.3 Å². The Morgan fingerprint density at radius 1 is 1.44 bits per heavy atom. The second-order valence-corrected chi connectivity index (χ2v) is 2.84. The summed E-state index contributed by atoms with van der Waals surface area (Å²) in [4.78, 5) is 10.5. The number of carbonyl (C=O) groups is 1. The molecule has 0 bridgehead atoms. The number of quaternary nitrogens is 1. The van der Waals surface area contributed by atoms with Gasteiger partial charge in [0.25, 0.3) is 0 Å². The van der Waals surface area contributed by atoms with Gasteiger partial charge >= 0.3 is 12.1 Å². The summed E-state index contributed by atoms with van der Waals surface area (Å²) in [5.41, 5.74) is -0.429. The van der Waals surface area contributed by atoms with Crippen LogP contribution in [-0.2, 0) is 4.79 Å². The molecule has 88 valence electrons. The zero-order valence-corrected chi connectivity index (χ0v) is 7.71. The van der Waals surface area contributed by atoms with Gasteiger partial charge < -0.3 is 10.5 Å². The van der Waals surface area contributed by atoms with E-state index in [0.717, 1.165) is 12.1 Å². The summed E-state index contributed by atoms with van der Waals surface area (Å²) in [6, 6.07) is 4.53. The van der Waals surface area contributed by atoms with E-state index in [1.165, 1.54) is 12.1 Å². The van der Waals surface area contributed by atoms with Crippen LogP contribution in [0.5, 0.6) is 0 Å². The molecule has 0 aliphatic heterocycles. The molecule has 1 amide bonds. The molecule has 0 spiro atoms. The average molecular weight is 236 g/mol. The molecule has 0 aliphatic rings. The van der Waals surface area contributed by atoms with Crippen molar-refractivity contribution in [2.45, 2.75) is 6.18 Å². The average Bonchev–Trinajstić information content (AvgIpc) is 2.16. The molecule has 1 aromatic rings. The van der Waals surface area contributed by atoms with Crippen molar-refractivity contribution in [2.75, 3.05) is 5.32 Å². The smallest absolute Gasteiger partial charge is 0.471 e. The van der Waals surface area contributed by atoms with Crippen molar-refractivity contribution in [2.24, 2.45) is 0 Å². The van der Waals surface area contributed by atoms with E-state index in [1.54, 1.807) is 5.32 Å². The lowest BCUT2D eigenvalue weighted by Gasteiger charge is -2.13. The first-order valence-electron chi connectivity index (χ1n) is 4.02. The fraction of sp³-hybridized carbons (Fsp3) is 0.125. The largest absolute Gasteiger partial charge is 0.595 e. The molecule has 0 saturated heterocycles. The lowest BCUT2D eigenvalue weighted by molar-refractivity contribution is -0.991. The van der Waals surface area contributed by atoms with Gasteiger partial charge in [0.15, 0.2) is 5.69 Å². The van der Waals surface area contributed by atoms with Crippen LogP contribution in [0.15, 0.2) is 24.3 Å². The van der Waals surface area contributed by atoms with E-state index in [2.05, 4.69) is 0 Å². The van der Waals surface area contributed by atoms with Gasteiger partial charge in [-0.15, -0.1) is 0 Å². The number of benzene rings is 1. The summed E-state index contributed by atoms with van der Waals surface area (Å²) in [6.07, 6.45) is -5.00. The molecule has 1 aromatic carbocycles. The van der Waals surface area contributed by atoms with Gasteiger partial charge in [-0.1, -0.05) is 6.07 Å². The minimum absolute atomic E-state index is 0.208. The summed E-state index contributed by atoms with van der Waals surface area (Å²) in [5.74, 6) is -2.14. The number of carbonyl (C=O) groups excluding carboxylic acids is 1. The lowest BCUT2D eigenvalue weighted by Crippen LogP contribution is -2.99. The van der Waals surface area contributed by atoms with Crippen LogP contribution in [-0.4, -0.2) is 17.3 Å². The molecule has 16 heavy (non-hydrogen) atoms. The van der Waals surface area contributed by atoms with Crippen LogP contribution >= 0.6 is 0 Å². The van der Waals surface area contributed by atoms with Gasteiger partial charge in [0.2, 0.25) is 0 Å². The van der Waals surface area contributed by atoms with Gasteiger partial charge in [-0.2, -0.15) is 18.4 Å². The molecule has 0 aromatic heterocycles. The molecular weight excluding hydrogens is 229 g/mol. The molecule has 0 radical (unpaired) electrons. The number of alkyl halides is 3. The lowest BCUT2D eigenvalue weighted by atomic mass is 10.3. The molecule has 0 heterocycles. The van der Waals surface area contributed by atoms with Crippen molar-refractivity contribution in [1.29, 1.82) is 0 Å². The van der Waals surface area contributed by atoms with Gasteiger partial charge in [-0.3, -0.25) is 4.79 Å². The van der Waals surface area contributed by atoms with Crippen molar-refractivity contribution in [1.82, 2.24) is 0 Å². The number of hydrogen-bond donors (Lipinski definition) is 3. The maximum Gasteiger partial charge on any atom is 0.471 e. The van der Waals surface area contributed by atoms with E-state index in [0.29, 0.717) is 0 Å². The van der Waals surface area contributed by atoms with E-state index in [-0.39, 0.29) is 11.4 Å². The monoisotopic (exact) mass is 236 g/mol. The Morgan fingerprint density at radius 2 is 2.06 bits per heavy atom. The highest BCUT2D eigenvalue weighted by Gasteiger charge is 2.38. The number of nitrogens with one attached hydrogen (secondary N) is 2. The first kappa shape index (κ1) is 12.4. The second-order valence-electron chi connectivity index (χ2n) is 2.84. The Balaban J connectivity index is 2.83. The van der Waals surface area contributed by atoms with Crippen molar-refractivity contribution < 1.29 is 28.4 Å². The third-order valence-corrected chi connectivity index (χ3v) is 1.62. The molecule has 1 unspecified atom stereocenters. The van der Waals surface area contributed by atoms with Crippen LogP contribution < -0.4 is 10.5 Å². The maximum absolute atomic E-state index is 11.9. The summed E-state index contributed by atoms with van der Waals surface area (Å²) in [5, 5.41) is 19.3. The normalized spacial score (nSPS) is 13.3. The topological polar surface area (TPSA) is 76.8 Å². The zero-order chi connectivity index (χ0) is 12.3. The van der Waals surface area contributed by atoms with Gasteiger partial charge in [0, 0.05) is 17.8 Å². The third-order valence-electron chi connectivity index (χ3n) is 1.62. The molecule has 0 fully saturated rings. The Hall–Kier alpha value is -1.64. The Labute approximate surface area is 87.6 Å².